The van der Waals surface area contributed by atoms with E-state index in [2.05, 4.69) is 0 Å². The minimum Gasteiger partial charge on any atom is -0.389 e. The van der Waals surface area contributed by atoms with E-state index < -0.39 is 6.10 Å². The van der Waals surface area contributed by atoms with Gasteiger partial charge in [-0.05, 0) is 43.9 Å². The summed E-state index contributed by atoms with van der Waals surface area (Å²) in [6, 6.07) is 4.89. The van der Waals surface area contributed by atoms with Gasteiger partial charge in [0.15, 0.2) is 0 Å². The first kappa shape index (κ1) is 14.3. The van der Waals surface area contributed by atoms with E-state index in [1.807, 2.05) is 11.9 Å². The molecule has 1 N–H and O–H groups in total. The van der Waals surface area contributed by atoms with Crippen LogP contribution < -0.4 is 4.90 Å². The monoisotopic (exact) mass is 267 g/mol. The average Bonchev–Trinajstić information content (AvgIpc) is 2.39. The van der Waals surface area contributed by atoms with Crippen molar-refractivity contribution >= 4 is 5.69 Å². The quantitative estimate of drug-likeness (QED) is 0.910. The molecule has 106 valence electrons. The van der Waals surface area contributed by atoms with Gasteiger partial charge in [0, 0.05) is 20.2 Å². The first-order valence-corrected chi connectivity index (χ1v) is 6.88. The fraction of sp³-hybridized carbons (Fsp3) is 0.600. The Hall–Kier alpha value is -1.13. The molecule has 1 aliphatic rings. The highest BCUT2D eigenvalue weighted by Crippen LogP contribution is 2.24. The van der Waals surface area contributed by atoms with Crippen molar-refractivity contribution in [2.45, 2.75) is 38.4 Å². The summed E-state index contributed by atoms with van der Waals surface area (Å²) in [4.78, 5) is 1.89. The Morgan fingerprint density at radius 3 is 2.84 bits per heavy atom. The zero-order valence-corrected chi connectivity index (χ0v) is 11.6. The van der Waals surface area contributed by atoms with Crippen molar-refractivity contribution < 1.29 is 14.2 Å². The molecular formula is C15H22FNO2. The predicted octanol–water partition coefficient (Wildman–Crippen LogP) is 2.88. The number of hydrogen-bond acceptors (Lipinski definition) is 3. The Kier molecular flexibility index (Phi) is 4.77. The van der Waals surface area contributed by atoms with Crippen molar-refractivity contribution in [3.63, 3.8) is 0 Å². The Morgan fingerprint density at radius 1 is 1.47 bits per heavy atom. The number of likely N-dealkylation sites (N-methyl/N-ethyl adjacent to an activating group) is 1. The van der Waals surface area contributed by atoms with Crippen LogP contribution in [-0.4, -0.2) is 31.4 Å². The SMILES string of the molecule is C[C@@H](O)c1ccc(N(C)CC2CCCCO2)c(F)c1. The molecule has 0 bridgehead atoms. The van der Waals surface area contributed by atoms with E-state index >= 15 is 0 Å². The summed E-state index contributed by atoms with van der Waals surface area (Å²) < 4.78 is 19.7. The minimum atomic E-state index is -0.643. The number of ether oxygens (including phenoxy) is 1. The lowest BCUT2D eigenvalue weighted by molar-refractivity contribution is 0.0215. The Bertz CT molecular complexity index is 417. The fourth-order valence-electron chi connectivity index (χ4n) is 2.45. The lowest BCUT2D eigenvalue weighted by Gasteiger charge is -2.29. The van der Waals surface area contributed by atoms with E-state index in [-0.39, 0.29) is 11.9 Å². The Morgan fingerprint density at radius 2 is 2.26 bits per heavy atom. The van der Waals surface area contributed by atoms with Crippen LogP contribution in [0.2, 0.25) is 0 Å². The third-order valence-electron chi connectivity index (χ3n) is 3.62. The second kappa shape index (κ2) is 6.35. The van der Waals surface area contributed by atoms with Crippen molar-refractivity contribution in [3.8, 4) is 0 Å². The number of hydrogen-bond donors (Lipinski definition) is 1. The molecule has 2 atom stereocenters. The molecule has 0 spiro atoms. The van der Waals surface area contributed by atoms with Crippen LogP contribution in [0.4, 0.5) is 10.1 Å². The van der Waals surface area contributed by atoms with Gasteiger partial charge in [0.25, 0.3) is 0 Å². The molecule has 0 amide bonds. The van der Waals surface area contributed by atoms with Crippen molar-refractivity contribution in [1.82, 2.24) is 0 Å². The molecule has 0 saturated carbocycles. The number of anilines is 1. The van der Waals surface area contributed by atoms with Crippen LogP contribution in [0, 0.1) is 5.82 Å². The molecular weight excluding hydrogens is 245 g/mol. The van der Waals surface area contributed by atoms with Crippen LogP contribution in [0.25, 0.3) is 0 Å². The largest absolute Gasteiger partial charge is 0.389 e. The maximum atomic E-state index is 14.0. The summed E-state index contributed by atoms with van der Waals surface area (Å²) in [5, 5.41) is 9.44. The van der Waals surface area contributed by atoms with Crippen molar-refractivity contribution in [3.05, 3.63) is 29.6 Å². The van der Waals surface area contributed by atoms with Gasteiger partial charge in [0.05, 0.1) is 17.9 Å². The van der Waals surface area contributed by atoms with E-state index in [1.165, 1.54) is 12.5 Å². The number of nitrogens with zero attached hydrogens (tertiary/aromatic N) is 1. The van der Waals surface area contributed by atoms with Gasteiger partial charge in [-0.15, -0.1) is 0 Å². The number of halogens is 1. The van der Waals surface area contributed by atoms with Crippen LogP contribution in [-0.2, 0) is 4.74 Å². The molecule has 1 fully saturated rings. The van der Waals surface area contributed by atoms with Gasteiger partial charge in [-0.2, -0.15) is 0 Å². The molecule has 19 heavy (non-hydrogen) atoms. The molecule has 4 heteroatoms. The molecule has 0 radical (unpaired) electrons. The summed E-state index contributed by atoms with van der Waals surface area (Å²) in [6.45, 7) is 3.14. The van der Waals surface area contributed by atoms with Crippen LogP contribution in [0.15, 0.2) is 18.2 Å². The van der Waals surface area contributed by atoms with Crippen molar-refractivity contribution in [2.24, 2.45) is 0 Å². The normalized spacial score (nSPS) is 21.2. The number of aliphatic hydroxyl groups excluding tert-OH is 1. The van der Waals surface area contributed by atoms with Crippen LogP contribution >= 0.6 is 0 Å². The lowest BCUT2D eigenvalue weighted by atomic mass is 10.1. The maximum Gasteiger partial charge on any atom is 0.146 e. The number of benzene rings is 1. The summed E-state index contributed by atoms with van der Waals surface area (Å²) in [5.41, 5.74) is 1.15. The molecule has 1 saturated heterocycles. The topological polar surface area (TPSA) is 32.7 Å². The maximum absolute atomic E-state index is 14.0. The van der Waals surface area contributed by atoms with E-state index in [4.69, 9.17) is 4.74 Å². The van der Waals surface area contributed by atoms with E-state index in [9.17, 15) is 9.50 Å². The molecule has 1 aromatic carbocycles. The minimum absolute atomic E-state index is 0.189. The molecule has 1 aromatic rings. The van der Waals surface area contributed by atoms with Gasteiger partial charge in [0.2, 0.25) is 0 Å². The van der Waals surface area contributed by atoms with Crippen molar-refractivity contribution in [1.29, 1.82) is 0 Å². The van der Waals surface area contributed by atoms with Crippen LogP contribution in [0.3, 0.4) is 0 Å². The predicted molar refractivity (Wildman–Crippen MR) is 73.9 cm³/mol. The summed E-state index contributed by atoms with van der Waals surface area (Å²) in [5.74, 6) is -0.295. The van der Waals surface area contributed by atoms with Crippen LogP contribution in [0.1, 0.15) is 37.9 Å². The van der Waals surface area contributed by atoms with E-state index in [0.29, 0.717) is 17.8 Å². The summed E-state index contributed by atoms with van der Waals surface area (Å²) in [7, 11) is 1.87. The zero-order chi connectivity index (χ0) is 13.8. The second-order valence-corrected chi connectivity index (χ2v) is 5.26. The van der Waals surface area contributed by atoms with Gasteiger partial charge in [-0.25, -0.2) is 4.39 Å². The zero-order valence-electron chi connectivity index (χ0n) is 11.6. The van der Waals surface area contributed by atoms with Crippen molar-refractivity contribution in [2.75, 3.05) is 25.1 Å². The first-order valence-electron chi connectivity index (χ1n) is 6.88. The van der Waals surface area contributed by atoms with Gasteiger partial charge in [-0.3, -0.25) is 0 Å². The Labute approximate surface area is 114 Å². The summed E-state index contributed by atoms with van der Waals surface area (Å²) >= 11 is 0. The van der Waals surface area contributed by atoms with E-state index in [1.54, 1.807) is 19.1 Å². The van der Waals surface area contributed by atoms with Gasteiger partial charge in [-0.1, -0.05) is 6.07 Å². The molecule has 1 unspecified atom stereocenters. The number of aliphatic hydroxyl groups is 1. The van der Waals surface area contributed by atoms with Gasteiger partial charge >= 0.3 is 0 Å². The smallest absolute Gasteiger partial charge is 0.146 e. The highest BCUT2D eigenvalue weighted by molar-refractivity contribution is 5.48. The lowest BCUT2D eigenvalue weighted by Crippen LogP contribution is -2.33. The van der Waals surface area contributed by atoms with Crippen LogP contribution in [0.5, 0.6) is 0 Å². The Balaban J connectivity index is 2.03. The highest BCUT2D eigenvalue weighted by Gasteiger charge is 2.18. The molecule has 1 aliphatic heterocycles. The second-order valence-electron chi connectivity index (χ2n) is 5.26. The average molecular weight is 267 g/mol. The fourth-order valence-corrected chi connectivity index (χ4v) is 2.45. The first-order chi connectivity index (χ1) is 9.08. The molecule has 2 rings (SSSR count). The van der Waals surface area contributed by atoms with E-state index in [0.717, 1.165) is 19.4 Å². The molecule has 0 aliphatic carbocycles. The highest BCUT2D eigenvalue weighted by atomic mass is 19.1. The van der Waals surface area contributed by atoms with Gasteiger partial charge in [0.1, 0.15) is 5.82 Å². The molecule has 0 aromatic heterocycles. The number of rotatable bonds is 4. The third kappa shape index (κ3) is 3.67. The van der Waals surface area contributed by atoms with Gasteiger partial charge < -0.3 is 14.7 Å². The summed E-state index contributed by atoms with van der Waals surface area (Å²) in [6.07, 6.45) is 2.89. The third-order valence-corrected chi connectivity index (χ3v) is 3.62. The molecule has 3 nitrogen and oxygen atoms in total. The standard InChI is InChI=1S/C15H22FNO2/c1-11(18)12-6-7-15(14(16)9-12)17(2)10-13-5-3-4-8-19-13/h6-7,9,11,13,18H,3-5,8,10H2,1-2H3/t11-,13?/m1/s1. The molecule has 1 heterocycles.